The SMILES string of the molecule is CC(C)C(C)S(=O)CCCC(=O)Nc1ccc(F)cc1N. The van der Waals surface area contributed by atoms with E-state index in [1.807, 2.05) is 20.8 Å². The summed E-state index contributed by atoms with van der Waals surface area (Å²) in [4.78, 5) is 11.8. The summed E-state index contributed by atoms with van der Waals surface area (Å²) in [6, 6.07) is 3.84. The minimum Gasteiger partial charge on any atom is -0.397 e. The zero-order valence-corrected chi connectivity index (χ0v) is 13.5. The van der Waals surface area contributed by atoms with Crippen LogP contribution in [0.25, 0.3) is 0 Å². The maximum Gasteiger partial charge on any atom is 0.224 e. The zero-order valence-electron chi connectivity index (χ0n) is 12.7. The highest BCUT2D eigenvalue weighted by Gasteiger charge is 2.15. The number of nitrogens with two attached hydrogens (primary N) is 1. The number of benzene rings is 1. The van der Waals surface area contributed by atoms with Crippen LogP contribution in [0.3, 0.4) is 0 Å². The molecule has 21 heavy (non-hydrogen) atoms. The number of nitrogen functional groups attached to an aromatic ring is 1. The first-order chi connectivity index (χ1) is 9.81. The number of nitrogens with one attached hydrogen (secondary N) is 1. The van der Waals surface area contributed by atoms with Crippen LogP contribution < -0.4 is 11.1 Å². The minimum atomic E-state index is -0.920. The van der Waals surface area contributed by atoms with E-state index in [0.717, 1.165) is 6.07 Å². The molecule has 0 aromatic heterocycles. The van der Waals surface area contributed by atoms with Crippen molar-refractivity contribution in [1.29, 1.82) is 0 Å². The molecule has 118 valence electrons. The molecule has 0 spiro atoms. The lowest BCUT2D eigenvalue weighted by atomic mass is 10.2. The topological polar surface area (TPSA) is 72.2 Å². The highest BCUT2D eigenvalue weighted by Crippen LogP contribution is 2.19. The van der Waals surface area contributed by atoms with Crippen LogP contribution in [0, 0.1) is 11.7 Å². The van der Waals surface area contributed by atoms with E-state index >= 15 is 0 Å². The lowest BCUT2D eigenvalue weighted by Gasteiger charge is -2.14. The van der Waals surface area contributed by atoms with E-state index in [1.165, 1.54) is 12.1 Å². The Bertz CT molecular complexity index is 520. The molecule has 0 radical (unpaired) electrons. The van der Waals surface area contributed by atoms with E-state index < -0.39 is 16.6 Å². The predicted octanol–water partition coefficient (Wildman–Crippen LogP) is 2.92. The van der Waals surface area contributed by atoms with Gasteiger partial charge < -0.3 is 11.1 Å². The maximum atomic E-state index is 12.9. The van der Waals surface area contributed by atoms with Gasteiger partial charge in [-0.25, -0.2) is 4.39 Å². The molecule has 2 unspecified atom stereocenters. The van der Waals surface area contributed by atoms with Crippen LogP contribution in [0.4, 0.5) is 15.8 Å². The van der Waals surface area contributed by atoms with Gasteiger partial charge in [0.25, 0.3) is 0 Å². The van der Waals surface area contributed by atoms with E-state index in [-0.39, 0.29) is 23.3 Å². The number of amides is 1. The molecule has 1 aromatic rings. The van der Waals surface area contributed by atoms with Crippen LogP contribution in [-0.4, -0.2) is 21.1 Å². The summed E-state index contributed by atoms with van der Waals surface area (Å²) >= 11 is 0. The third kappa shape index (κ3) is 5.83. The third-order valence-electron chi connectivity index (χ3n) is 3.39. The molecule has 0 saturated heterocycles. The molecule has 2 atom stereocenters. The van der Waals surface area contributed by atoms with Crippen molar-refractivity contribution in [3.63, 3.8) is 0 Å². The van der Waals surface area contributed by atoms with Gasteiger partial charge in [0.1, 0.15) is 5.82 Å². The van der Waals surface area contributed by atoms with E-state index in [1.54, 1.807) is 0 Å². The van der Waals surface area contributed by atoms with Gasteiger partial charge in [0.2, 0.25) is 5.91 Å². The highest BCUT2D eigenvalue weighted by atomic mass is 32.2. The van der Waals surface area contributed by atoms with Gasteiger partial charge in [0.05, 0.1) is 11.4 Å². The van der Waals surface area contributed by atoms with Crippen molar-refractivity contribution in [3.8, 4) is 0 Å². The third-order valence-corrected chi connectivity index (χ3v) is 5.46. The van der Waals surface area contributed by atoms with Crippen LogP contribution in [0.1, 0.15) is 33.6 Å². The van der Waals surface area contributed by atoms with Gasteiger partial charge in [-0.1, -0.05) is 20.8 Å². The summed E-state index contributed by atoms with van der Waals surface area (Å²) in [7, 11) is -0.920. The summed E-state index contributed by atoms with van der Waals surface area (Å²) < 4.78 is 24.8. The Kier molecular flexibility index (Phi) is 6.81. The summed E-state index contributed by atoms with van der Waals surface area (Å²) in [5.74, 6) is 0.218. The first kappa shape index (κ1) is 17.6. The molecule has 0 aliphatic carbocycles. The lowest BCUT2D eigenvalue weighted by molar-refractivity contribution is -0.116. The molecule has 0 aliphatic rings. The van der Waals surface area contributed by atoms with Crippen LogP contribution in [0.15, 0.2) is 18.2 Å². The molecule has 6 heteroatoms. The van der Waals surface area contributed by atoms with Crippen molar-refractivity contribution in [2.45, 2.75) is 38.9 Å². The Balaban J connectivity index is 2.39. The molecule has 0 saturated carbocycles. The van der Waals surface area contributed by atoms with Gasteiger partial charge in [-0.15, -0.1) is 0 Å². The summed E-state index contributed by atoms with van der Waals surface area (Å²) in [6.07, 6.45) is 0.823. The molecule has 0 heterocycles. The zero-order chi connectivity index (χ0) is 16.0. The number of anilines is 2. The number of hydrogen-bond donors (Lipinski definition) is 2. The van der Waals surface area contributed by atoms with Gasteiger partial charge >= 0.3 is 0 Å². The van der Waals surface area contributed by atoms with Crippen molar-refractivity contribution in [2.75, 3.05) is 16.8 Å². The average molecular weight is 314 g/mol. The highest BCUT2D eigenvalue weighted by molar-refractivity contribution is 7.85. The maximum absolute atomic E-state index is 12.9. The van der Waals surface area contributed by atoms with Crippen molar-refractivity contribution < 1.29 is 13.4 Å². The molecular formula is C15H23FN2O2S. The second-order valence-corrected chi connectivity index (χ2v) is 7.33. The molecule has 0 aliphatic heterocycles. The standard InChI is InChI=1S/C15H23FN2O2S/c1-10(2)11(3)21(20)8-4-5-15(19)18-14-7-6-12(16)9-13(14)17/h6-7,9-11H,4-5,8,17H2,1-3H3,(H,18,19). The van der Waals surface area contributed by atoms with Gasteiger partial charge in [-0.2, -0.15) is 0 Å². The van der Waals surface area contributed by atoms with E-state index in [9.17, 15) is 13.4 Å². The van der Waals surface area contributed by atoms with Crippen LogP contribution in [0.2, 0.25) is 0 Å². The molecule has 0 fully saturated rings. The Morgan fingerprint density at radius 3 is 2.62 bits per heavy atom. The van der Waals surface area contributed by atoms with Crippen LogP contribution in [0.5, 0.6) is 0 Å². The smallest absolute Gasteiger partial charge is 0.224 e. The number of halogens is 1. The Morgan fingerprint density at radius 1 is 1.38 bits per heavy atom. The van der Waals surface area contributed by atoms with Crippen LogP contribution >= 0.6 is 0 Å². The Labute approximate surface area is 127 Å². The van der Waals surface area contributed by atoms with Gasteiger partial charge in [-0.3, -0.25) is 9.00 Å². The number of carbonyl (C=O) groups excluding carboxylic acids is 1. The Hall–Kier alpha value is -1.43. The second kappa shape index (κ2) is 8.12. The summed E-state index contributed by atoms with van der Waals surface area (Å²) in [5, 5.41) is 2.76. The fourth-order valence-corrected chi connectivity index (χ4v) is 3.13. The van der Waals surface area contributed by atoms with Crippen molar-refractivity contribution in [1.82, 2.24) is 0 Å². The summed E-state index contributed by atoms with van der Waals surface area (Å²) in [6.45, 7) is 6.03. The fourth-order valence-electron chi connectivity index (χ4n) is 1.72. The number of carbonyl (C=O) groups is 1. The van der Waals surface area contributed by atoms with Crippen molar-refractivity contribution in [3.05, 3.63) is 24.0 Å². The van der Waals surface area contributed by atoms with Gasteiger partial charge in [-0.05, 0) is 30.5 Å². The minimum absolute atomic E-state index is 0.126. The molecular weight excluding hydrogens is 291 g/mol. The fraction of sp³-hybridized carbons (Fsp3) is 0.533. The lowest BCUT2D eigenvalue weighted by Crippen LogP contribution is -2.21. The quantitative estimate of drug-likeness (QED) is 0.760. The molecule has 1 amide bonds. The number of hydrogen-bond acceptors (Lipinski definition) is 3. The van der Waals surface area contributed by atoms with E-state index in [4.69, 9.17) is 5.73 Å². The molecule has 1 aromatic carbocycles. The number of rotatable bonds is 7. The van der Waals surface area contributed by atoms with E-state index in [0.29, 0.717) is 23.8 Å². The van der Waals surface area contributed by atoms with Gasteiger partial charge in [0.15, 0.2) is 0 Å². The van der Waals surface area contributed by atoms with Gasteiger partial charge in [0, 0.05) is 28.2 Å². The first-order valence-corrected chi connectivity index (χ1v) is 8.41. The normalized spacial score (nSPS) is 14.0. The van der Waals surface area contributed by atoms with E-state index in [2.05, 4.69) is 5.32 Å². The monoisotopic (exact) mass is 314 g/mol. The van der Waals surface area contributed by atoms with Crippen molar-refractivity contribution >= 4 is 28.1 Å². The Morgan fingerprint density at radius 2 is 2.05 bits per heavy atom. The molecule has 4 nitrogen and oxygen atoms in total. The molecule has 0 bridgehead atoms. The van der Waals surface area contributed by atoms with Crippen molar-refractivity contribution in [2.24, 2.45) is 5.92 Å². The summed E-state index contributed by atoms with van der Waals surface area (Å²) in [5.41, 5.74) is 6.21. The first-order valence-electron chi connectivity index (χ1n) is 7.03. The molecule has 3 N–H and O–H groups in total. The van der Waals surface area contributed by atoms with Crippen LogP contribution in [-0.2, 0) is 15.6 Å². The average Bonchev–Trinajstić information content (AvgIpc) is 2.40. The molecule has 1 rings (SSSR count). The largest absolute Gasteiger partial charge is 0.397 e. The predicted molar refractivity (Wildman–Crippen MR) is 86.0 cm³/mol. The second-order valence-electron chi connectivity index (χ2n) is 5.42.